The lowest BCUT2D eigenvalue weighted by atomic mass is 9.79. The molecule has 1 aromatic rings. The van der Waals surface area contributed by atoms with E-state index in [2.05, 4.69) is 27.8 Å². The lowest BCUT2D eigenvalue weighted by Gasteiger charge is -2.36. The first-order valence-electron chi connectivity index (χ1n) is 11.3. The minimum absolute atomic E-state index is 0.0456. The third-order valence-electron chi connectivity index (χ3n) is 5.91. The highest BCUT2D eigenvalue weighted by Crippen LogP contribution is 2.40. The summed E-state index contributed by atoms with van der Waals surface area (Å²) in [5.41, 5.74) is 0.291. The molecule has 1 fully saturated rings. The van der Waals surface area contributed by atoms with Gasteiger partial charge in [0, 0.05) is 20.8 Å². The van der Waals surface area contributed by atoms with Gasteiger partial charge in [-0.3, -0.25) is 14.9 Å². The van der Waals surface area contributed by atoms with Gasteiger partial charge in [-0.2, -0.15) is 0 Å². The summed E-state index contributed by atoms with van der Waals surface area (Å²) >= 11 is 4.67. The van der Waals surface area contributed by atoms with Gasteiger partial charge in [0.1, 0.15) is 6.61 Å². The number of aliphatic carboxylic acids is 1. The van der Waals surface area contributed by atoms with Crippen LogP contribution in [0.25, 0.3) is 0 Å². The molecule has 0 spiro atoms. The van der Waals surface area contributed by atoms with Crippen molar-refractivity contribution < 1.29 is 38.3 Å². The van der Waals surface area contributed by atoms with Crippen LogP contribution in [0.3, 0.4) is 0 Å². The average Bonchev–Trinajstić information content (AvgIpc) is 3.06. The number of carbonyl (C=O) groups excluding carboxylic acids is 3. The summed E-state index contributed by atoms with van der Waals surface area (Å²) in [6.45, 7) is 7.58. The fraction of sp³-hybridized carbons (Fsp3) is 0.545. The van der Waals surface area contributed by atoms with E-state index in [-0.39, 0.29) is 32.3 Å². The molecule has 3 amide bonds. The Bertz CT molecular complexity index is 981. The summed E-state index contributed by atoms with van der Waals surface area (Å²) in [7, 11) is -0.518. The first kappa shape index (κ1) is 29.6. The number of benzene rings is 1. The standard InChI is InChI=1S/C22H31BN3O8PS/c1-14(27)25-12-17(28)24-11-5-10-22(4)21(2,3)33-23(34-22)16-8-6-15(7-9-16)13-32-20(31)26-18(35-36)19(29)30/h6-9,18H,5,10-13H2,1-4H3,(H,24,28)(H,25,27)(H,26,31)(H,29,30). The number of carboxylic acids is 1. The Labute approximate surface area is 217 Å². The van der Waals surface area contributed by atoms with Crippen LogP contribution in [0.15, 0.2) is 24.3 Å². The highest BCUT2D eigenvalue weighted by atomic mass is 32.4. The van der Waals surface area contributed by atoms with Crippen LogP contribution >= 0.6 is 7.36 Å². The summed E-state index contributed by atoms with van der Waals surface area (Å²) in [6.07, 6.45) is 0.433. The van der Waals surface area contributed by atoms with Crippen molar-refractivity contribution in [3.63, 3.8) is 0 Å². The molecule has 0 aromatic heterocycles. The first-order chi connectivity index (χ1) is 16.9. The van der Waals surface area contributed by atoms with Crippen LogP contribution in [0, 0.1) is 0 Å². The summed E-state index contributed by atoms with van der Waals surface area (Å²) in [4.78, 5) is 45.4. The van der Waals surface area contributed by atoms with Crippen molar-refractivity contribution in [1.29, 1.82) is 0 Å². The Kier molecular flexibility index (Phi) is 10.8. The van der Waals surface area contributed by atoms with Crippen molar-refractivity contribution >= 4 is 55.6 Å². The van der Waals surface area contributed by atoms with E-state index < -0.39 is 36.2 Å². The number of nitrogens with one attached hydrogen (secondary N) is 3. The number of ether oxygens (including phenoxy) is 1. The molecule has 196 valence electrons. The lowest BCUT2D eigenvalue weighted by Crippen LogP contribution is -2.45. The van der Waals surface area contributed by atoms with E-state index in [1.165, 1.54) is 6.92 Å². The first-order valence-corrected chi connectivity index (χ1v) is 13.3. The minimum atomic E-state index is -1.23. The van der Waals surface area contributed by atoms with Gasteiger partial charge in [0.05, 0.1) is 17.7 Å². The number of hydrogen-bond acceptors (Lipinski definition) is 8. The van der Waals surface area contributed by atoms with E-state index in [1.807, 2.05) is 32.9 Å². The van der Waals surface area contributed by atoms with Gasteiger partial charge in [0.25, 0.3) is 0 Å². The summed E-state index contributed by atoms with van der Waals surface area (Å²) in [6, 6.07) is 7.16. The molecule has 2 unspecified atom stereocenters. The molecule has 1 heterocycles. The fourth-order valence-electron chi connectivity index (χ4n) is 3.42. The molecule has 1 saturated heterocycles. The van der Waals surface area contributed by atoms with E-state index in [1.54, 1.807) is 12.1 Å². The summed E-state index contributed by atoms with van der Waals surface area (Å²) < 4.78 is 17.6. The van der Waals surface area contributed by atoms with Crippen molar-refractivity contribution in [3.05, 3.63) is 29.8 Å². The monoisotopic (exact) mass is 539 g/mol. The molecule has 1 aliphatic heterocycles. The smallest absolute Gasteiger partial charge is 0.479 e. The Morgan fingerprint density at radius 2 is 1.81 bits per heavy atom. The maximum absolute atomic E-state index is 11.8. The molecule has 4 N–H and O–H groups in total. The fourth-order valence-corrected chi connectivity index (χ4v) is 4.09. The molecule has 0 aliphatic carbocycles. The Hall–Kier alpha value is -2.60. The molecule has 11 nitrogen and oxygen atoms in total. The molecular weight excluding hydrogens is 508 g/mol. The number of carbonyl (C=O) groups is 4. The quantitative estimate of drug-likeness (QED) is 0.174. The van der Waals surface area contributed by atoms with Gasteiger partial charge in [-0.1, -0.05) is 36.1 Å². The Morgan fingerprint density at radius 3 is 2.39 bits per heavy atom. The number of amides is 3. The number of alkyl carbamates (subject to hydrolysis) is 1. The molecule has 1 aliphatic rings. The van der Waals surface area contributed by atoms with Crippen LogP contribution in [0.1, 0.15) is 46.1 Å². The van der Waals surface area contributed by atoms with Gasteiger partial charge in [0.2, 0.25) is 11.8 Å². The zero-order valence-electron chi connectivity index (χ0n) is 20.7. The van der Waals surface area contributed by atoms with E-state index in [4.69, 9.17) is 19.2 Å². The third kappa shape index (κ3) is 8.51. The molecule has 1 aromatic carbocycles. The second-order valence-corrected chi connectivity index (χ2v) is 10.3. The van der Waals surface area contributed by atoms with Crippen molar-refractivity contribution in [2.24, 2.45) is 0 Å². The SMILES string of the molecule is CC(=O)NCC(=O)NCCCC1(C)OB(c2ccc(COC(=O)NC(P=S)C(=O)O)cc2)OC1(C)C. The lowest BCUT2D eigenvalue weighted by molar-refractivity contribution is -0.137. The Balaban J connectivity index is 1.86. The van der Waals surface area contributed by atoms with Crippen molar-refractivity contribution in [2.75, 3.05) is 13.1 Å². The molecule has 0 saturated carbocycles. The van der Waals surface area contributed by atoms with Gasteiger partial charge in [-0.25, -0.2) is 9.59 Å². The van der Waals surface area contributed by atoms with E-state index in [9.17, 15) is 19.2 Å². The number of carboxylic acid groups (broad SMARTS) is 1. The van der Waals surface area contributed by atoms with Crippen LogP contribution in [0.4, 0.5) is 4.79 Å². The molecule has 0 radical (unpaired) electrons. The predicted molar refractivity (Wildman–Crippen MR) is 136 cm³/mol. The van der Waals surface area contributed by atoms with E-state index in [0.717, 1.165) is 5.46 Å². The second-order valence-electron chi connectivity index (χ2n) is 8.98. The van der Waals surface area contributed by atoms with Crippen molar-refractivity contribution in [1.82, 2.24) is 16.0 Å². The van der Waals surface area contributed by atoms with Gasteiger partial charge >= 0.3 is 19.2 Å². The highest BCUT2D eigenvalue weighted by Gasteiger charge is 2.54. The summed E-state index contributed by atoms with van der Waals surface area (Å²) in [5, 5.41) is 16.4. The summed E-state index contributed by atoms with van der Waals surface area (Å²) in [5.74, 6) is -2.94. The molecule has 2 atom stereocenters. The topological polar surface area (TPSA) is 152 Å². The van der Waals surface area contributed by atoms with Gasteiger partial charge in [-0.05, 0) is 44.6 Å². The molecular formula is C22H31BN3O8PS. The van der Waals surface area contributed by atoms with Crippen molar-refractivity contribution in [3.8, 4) is 0 Å². The van der Waals surface area contributed by atoms with Crippen LogP contribution in [-0.2, 0) is 46.8 Å². The maximum Gasteiger partial charge on any atom is 0.494 e. The number of rotatable bonds is 12. The van der Waals surface area contributed by atoms with Crippen LogP contribution in [0.5, 0.6) is 0 Å². The second kappa shape index (κ2) is 13.1. The van der Waals surface area contributed by atoms with Crippen LogP contribution in [0.2, 0.25) is 0 Å². The van der Waals surface area contributed by atoms with Gasteiger partial charge < -0.3 is 29.8 Å². The van der Waals surface area contributed by atoms with E-state index in [0.29, 0.717) is 24.9 Å². The minimum Gasteiger partial charge on any atom is -0.479 e. The highest BCUT2D eigenvalue weighted by molar-refractivity contribution is 7.97. The largest absolute Gasteiger partial charge is 0.494 e. The molecule has 14 heteroatoms. The third-order valence-corrected chi connectivity index (χ3v) is 7.10. The molecule has 2 rings (SSSR count). The predicted octanol–water partition coefficient (Wildman–Crippen LogP) is 1.04. The normalized spacial score (nSPS) is 19.4. The maximum atomic E-state index is 11.8. The number of hydrogen-bond donors (Lipinski definition) is 4. The average molecular weight is 539 g/mol. The van der Waals surface area contributed by atoms with Gasteiger partial charge in [-0.15, -0.1) is 0 Å². The van der Waals surface area contributed by atoms with Crippen LogP contribution in [-0.4, -0.2) is 66.2 Å². The van der Waals surface area contributed by atoms with Crippen molar-refractivity contribution in [2.45, 2.75) is 64.1 Å². The zero-order valence-corrected chi connectivity index (χ0v) is 22.4. The van der Waals surface area contributed by atoms with Crippen LogP contribution < -0.4 is 21.4 Å². The molecule has 0 bridgehead atoms. The van der Waals surface area contributed by atoms with Gasteiger partial charge in [0.15, 0.2) is 5.78 Å². The molecule has 36 heavy (non-hydrogen) atoms. The Morgan fingerprint density at radius 1 is 1.14 bits per heavy atom. The zero-order chi connectivity index (χ0) is 26.9. The van der Waals surface area contributed by atoms with E-state index >= 15 is 0 Å².